The molecule has 1 aromatic carbocycles. The first-order chi connectivity index (χ1) is 6.02. The van der Waals surface area contributed by atoms with E-state index in [4.69, 9.17) is 5.11 Å². The number of halogens is 2. The van der Waals surface area contributed by atoms with Crippen LogP contribution < -0.4 is 0 Å². The zero-order valence-corrected chi connectivity index (χ0v) is 6.97. The molecule has 2 nitrogen and oxygen atoms in total. The van der Waals surface area contributed by atoms with Gasteiger partial charge in [0.2, 0.25) is 5.82 Å². The number of aromatic hydroxyl groups is 1. The van der Waals surface area contributed by atoms with Gasteiger partial charge in [-0.2, -0.15) is 4.39 Å². The number of carbonyl (C=O) groups excluding carboxylic acids is 1. The van der Waals surface area contributed by atoms with Crippen LogP contribution in [0.1, 0.15) is 12.5 Å². The van der Waals surface area contributed by atoms with Gasteiger partial charge in [0.05, 0.1) is 0 Å². The molecule has 1 aromatic rings. The Bertz CT molecular complexity index is 348. The average molecular weight is 186 g/mol. The second kappa shape index (κ2) is 3.51. The van der Waals surface area contributed by atoms with Crippen LogP contribution in [0.4, 0.5) is 8.78 Å². The van der Waals surface area contributed by atoms with Gasteiger partial charge < -0.3 is 5.11 Å². The molecule has 0 saturated heterocycles. The van der Waals surface area contributed by atoms with Crippen molar-refractivity contribution in [1.29, 1.82) is 0 Å². The van der Waals surface area contributed by atoms with Gasteiger partial charge in [0, 0.05) is 6.42 Å². The lowest BCUT2D eigenvalue weighted by atomic mass is 10.1. The van der Waals surface area contributed by atoms with Crippen molar-refractivity contribution in [2.24, 2.45) is 0 Å². The molecule has 0 radical (unpaired) electrons. The lowest BCUT2D eigenvalue weighted by Gasteiger charge is -2.02. The molecule has 0 aliphatic carbocycles. The summed E-state index contributed by atoms with van der Waals surface area (Å²) in [6, 6.07) is 2.21. The number of rotatable bonds is 2. The highest BCUT2D eigenvalue weighted by Crippen LogP contribution is 2.21. The SMILES string of the molecule is CC(=O)Cc1ccc(O)c(F)c1F. The molecule has 4 heteroatoms. The van der Waals surface area contributed by atoms with Gasteiger partial charge >= 0.3 is 0 Å². The number of hydrogen-bond acceptors (Lipinski definition) is 2. The molecule has 0 aromatic heterocycles. The van der Waals surface area contributed by atoms with Gasteiger partial charge in [0.25, 0.3) is 0 Å². The van der Waals surface area contributed by atoms with Crippen molar-refractivity contribution in [2.45, 2.75) is 13.3 Å². The zero-order chi connectivity index (χ0) is 10.0. The summed E-state index contributed by atoms with van der Waals surface area (Å²) in [6.45, 7) is 1.28. The molecule has 0 spiro atoms. The van der Waals surface area contributed by atoms with Crippen molar-refractivity contribution in [2.75, 3.05) is 0 Å². The van der Waals surface area contributed by atoms with E-state index in [1.165, 1.54) is 13.0 Å². The molecule has 0 saturated carbocycles. The highest BCUT2D eigenvalue weighted by atomic mass is 19.2. The van der Waals surface area contributed by atoms with Crippen LogP contribution in [0.3, 0.4) is 0 Å². The molecule has 1 N–H and O–H groups in total. The van der Waals surface area contributed by atoms with Crippen LogP contribution in [0.5, 0.6) is 5.75 Å². The molecule has 0 fully saturated rings. The lowest BCUT2D eigenvalue weighted by Crippen LogP contribution is -2.01. The van der Waals surface area contributed by atoms with Crippen LogP contribution in [0.15, 0.2) is 12.1 Å². The Balaban J connectivity index is 3.10. The minimum absolute atomic E-state index is 0.0391. The van der Waals surface area contributed by atoms with Gasteiger partial charge in [-0.3, -0.25) is 4.79 Å². The minimum atomic E-state index is -1.31. The van der Waals surface area contributed by atoms with E-state index in [2.05, 4.69) is 0 Å². The highest BCUT2D eigenvalue weighted by molar-refractivity contribution is 5.78. The third kappa shape index (κ3) is 2.02. The highest BCUT2D eigenvalue weighted by Gasteiger charge is 2.13. The van der Waals surface area contributed by atoms with E-state index >= 15 is 0 Å². The minimum Gasteiger partial charge on any atom is -0.505 e. The fourth-order valence-corrected chi connectivity index (χ4v) is 0.984. The van der Waals surface area contributed by atoms with Gasteiger partial charge in [-0.1, -0.05) is 6.07 Å². The van der Waals surface area contributed by atoms with E-state index in [1.807, 2.05) is 0 Å². The number of phenols is 1. The molecule has 0 heterocycles. The molecule has 70 valence electrons. The number of carbonyl (C=O) groups is 1. The second-order valence-corrected chi connectivity index (χ2v) is 2.75. The van der Waals surface area contributed by atoms with Crippen molar-refractivity contribution in [3.05, 3.63) is 29.3 Å². The summed E-state index contributed by atoms with van der Waals surface area (Å²) in [5.41, 5.74) is -0.0391. The number of phenolic OH excluding ortho intramolecular Hbond substituents is 1. The summed E-state index contributed by atoms with van der Waals surface area (Å²) in [5.74, 6) is -3.47. The summed E-state index contributed by atoms with van der Waals surface area (Å²) in [4.78, 5) is 10.6. The molecular weight excluding hydrogens is 178 g/mol. The molecule has 0 atom stereocenters. The number of hydrogen-bond donors (Lipinski definition) is 1. The lowest BCUT2D eigenvalue weighted by molar-refractivity contribution is -0.116. The Morgan fingerprint density at radius 2 is 2.00 bits per heavy atom. The predicted molar refractivity (Wildman–Crippen MR) is 42.4 cm³/mol. The zero-order valence-electron chi connectivity index (χ0n) is 6.97. The first-order valence-corrected chi connectivity index (χ1v) is 3.67. The quantitative estimate of drug-likeness (QED) is 0.764. The summed E-state index contributed by atoms with van der Waals surface area (Å²) in [7, 11) is 0. The molecule has 0 aliphatic rings. The van der Waals surface area contributed by atoms with E-state index < -0.39 is 17.4 Å². The van der Waals surface area contributed by atoms with Crippen LogP contribution in [0.2, 0.25) is 0 Å². The maximum Gasteiger partial charge on any atom is 0.200 e. The van der Waals surface area contributed by atoms with Gasteiger partial charge in [-0.25, -0.2) is 4.39 Å². The first kappa shape index (κ1) is 9.64. The van der Waals surface area contributed by atoms with Crippen LogP contribution >= 0.6 is 0 Å². The fraction of sp³-hybridized carbons (Fsp3) is 0.222. The van der Waals surface area contributed by atoms with E-state index in [1.54, 1.807) is 0 Å². The third-order valence-electron chi connectivity index (χ3n) is 1.58. The smallest absolute Gasteiger partial charge is 0.200 e. The van der Waals surface area contributed by atoms with E-state index in [9.17, 15) is 13.6 Å². The Kier molecular flexibility index (Phi) is 2.60. The van der Waals surface area contributed by atoms with Crippen molar-refractivity contribution in [1.82, 2.24) is 0 Å². The van der Waals surface area contributed by atoms with Crippen molar-refractivity contribution in [3.8, 4) is 5.75 Å². The van der Waals surface area contributed by atoms with Crippen LogP contribution in [0.25, 0.3) is 0 Å². The number of benzene rings is 1. The second-order valence-electron chi connectivity index (χ2n) is 2.75. The van der Waals surface area contributed by atoms with Crippen LogP contribution in [-0.4, -0.2) is 10.9 Å². The standard InChI is InChI=1S/C9H8F2O2/c1-5(12)4-6-2-3-7(13)9(11)8(6)10/h2-3,13H,4H2,1H3. The Morgan fingerprint density at radius 3 is 2.54 bits per heavy atom. The van der Waals surface area contributed by atoms with Gasteiger partial charge in [-0.05, 0) is 18.6 Å². The Labute approximate surface area is 73.8 Å². The van der Waals surface area contributed by atoms with E-state index in [0.717, 1.165) is 6.07 Å². The summed E-state index contributed by atoms with van der Waals surface area (Å²) >= 11 is 0. The van der Waals surface area contributed by atoms with Crippen LogP contribution in [-0.2, 0) is 11.2 Å². The first-order valence-electron chi connectivity index (χ1n) is 3.67. The molecule has 0 unspecified atom stereocenters. The Hall–Kier alpha value is -1.45. The predicted octanol–water partition coefficient (Wildman–Crippen LogP) is 1.80. The monoisotopic (exact) mass is 186 g/mol. The van der Waals surface area contributed by atoms with Crippen molar-refractivity contribution < 1.29 is 18.7 Å². The topological polar surface area (TPSA) is 37.3 Å². The summed E-state index contributed by atoms with van der Waals surface area (Å²) in [5, 5.41) is 8.76. The molecule has 13 heavy (non-hydrogen) atoms. The molecular formula is C9H8F2O2. The molecule has 0 aliphatic heterocycles. The van der Waals surface area contributed by atoms with E-state index in [-0.39, 0.29) is 17.8 Å². The van der Waals surface area contributed by atoms with Crippen molar-refractivity contribution >= 4 is 5.78 Å². The molecule has 1 rings (SSSR count). The number of Topliss-reactive ketones (excluding diaryl/α,β-unsaturated/α-hetero) is 1. The van der Waals surface area contributed by atoms with Gasteiger partial charge in [0.15, 0.2) is 11.6 Å². The average Bonchev–Trinajstić information content (AvgIpc) is 2.06. The van der Waals surface area contributed by atoms with Crippen LogP contribution in [0, 0.1) is 11.6 Å². The largest absolute Gasteiger partial charge is 0.505 e. The van der Waals surface area contributed by atoms with E-state index in [0.29, 0.717) is 0 Å². The number of ketones is 1. The fourth-order valence-electron chi connectivity index (χ4n) is 0.984. The molecule has 0 amide bonds. The normalized spacial score (nSPS) is 10.1. The van der Waals surface area contributed by atoms with Gasteiger partial charge in [-0.15, -0.1) is 0 Å². The third-order valence-corrected chi connectivity index (χ3v) is 1.58. The summed E-state index contributed by atoms with van der Waals surface area (Å²) < 4.78 is 25.6. The summed E-state index contributed by atoms with van der Waals surface area (Å²) in [6.07, 6.45) is -0.164. The van der Waals surface area contributed by atoms with Gasteiger partial charge in [0.1, 0.15) is 5.78 Å². The van der Waals surface area contributed by atoms with Crippen molar-refractivity contribution in [3.63, 3.8) is 0 Å². The maximum absolute atomic E-state index is 12.9. The maximum atomic E-state index is 12.9. The Morgan fingerprint density at radius 1 is 1.38 bits per heavy atom. The molecule has 0 bridgehead atoms.